The highest BCUT2D eigenvalue weighted by atomic mass is 32.1. The lowest BCUT2D eigenvalue weighted by molar-refractivity contribution is -0.144. The van der Waals surface area contributed by atoms with E-state index in [9.17, 15) is 18.0 Å². The summed E-state index contributed by atoms with van der Waals surface area (Å²) in [6.07, 6.45) is -3.24. The fourth-order valence-electron chi connectivity index (χ4n) is 1.93. The van der Waals surface area contributed by atoms with Gasteiger partial charge in [0.25, 0.3) is 0 Å². The minimum Gasteiger partial charge on any atom is -0.464 e. The van der Waals surface area contributed by atoms with Crippen LogP contribution >= 0.6 is 11.3 Å². The van der Waals surface area contributed by atoms with Gasteiger partial charge in [0.2, 0.25) is 10.1 Å². The number of aromatic nitrogens is 2. The summed E-state index contributed by atoms with van der Waals surface area (Å²) in [5.74, 6) is -0.427. The van der Waals surface area contributed by atoms with Crippen molar-refractivity contribution in [2.24, 2.45) is 0 Å². The topological polar surface area (TPSA) is 55.3 Å². The molecule has 0 aromatic carbocycles. The first-order chi connectivity index (χ1) is 8.93. The van der Waals surface area contributed by atoms with Crippen molar-refractivity contribution in [1.82, 2.24) is 10.2 Å². The van der Waals surface area contributed by atoms with E-state index in [2.05, 4.69) is 10.2 Å². The molecule has 0 bridgehead atoms. The standard InChI is InChI=1S/C10H12F3N3O2S/c1-2-18-7(17)6-4-3-5-16(6)9-15-14-8(19-9)10(11,12)13/h6H,2-5H2,1H3. The minimum atomic E-state index is -4.50. The number of alkyl halides is 3. The number of carbonyl (C=O) groups is 1. The second-order valence-electron chi connectivity index (χ2n) is 3.99. The Bertz CT molecular complexity index is 463. The van der Waals surface area contributed by atoms with Crippen LogP contribution in [0.3, 0.4) is 0 Å². The molecule has 0 amide bonds. The van der Waals surface area contributed by atoms with Gasteiger partial charge in [-0.2, -0.15) is 13.2 Å². The molecular formula is C10H12F3N3O2S. The third kappa shape index (κ3) is 2.96. The molecule has 1 aliphatic rings. The fraction of sp³-hybridized carbons (Fsp3) is 0.700. The van der Waals surface area contributed by atoms with Gasteiger partial charge in [-0.1, -0.05) is 11.3 Å². The van der Waals surface area contributed by atoms with E-state index >= 15 is 0 Å². The van der Waals surface area contributed by atoms with Crippen molar-refractivity contribution in [3.05, 3.63) is 5.01 Å². The Morgan fingerprint density at radius 2 is 2.26 bits per heavy atom. The molecule has 1 aromatic rings. The van der Waals surface area contributed by atoms with Crippen LogP contribution in [0.1, 0.15) is 24.8 Å². The number of hydrogen-bond acceptors (Lipinski definition) is 6. The van der Waals surface area contributed by atoms with Gasteiger partial charge in [-0.15, -0.1) is 10.2 Å². The summed E-state index contributed by atoms with van der Waals surface area (Å²) >= 11 is 0.447. The largest absolute Gasteiger partial charge is 0.464 e. The highest BCUT2D eigenvalue weighted by molar-refractivity contribution is 7.15. The van der Waals surface area contributed by atoms with Crippen molar-refractivity contribution >= 4 is 22.4 Å². The number of halogens is 3. The number of anilines is 1. The van der Waals surface area contributed by atoms with Crippen molar-refractivity contribution in [1.29, 1.82) is 0 Å². The number of ether oxygens (including phenoxy) is 1. The molecule has 0 aliphatic carbocycles. The zero-order valence-electron chi connectivity index (χ0n) is 10.1. The molecule has 0 radical (unpaired) electrons. The van der Waals surface area contributed by atoms with Crippen LogP contribution in [-0.2, 0) is 15.7 Å². The van der Waals surface area contributed by atoms with Gasteiger partial charge in [-0.25, -0.2) is 4.79 Å². The molecule has 1 unspecified atom stereocenters. The highest BCUT2D eigenvalue weighted by Crippen LogP contribution is 2.36. The Kier molecular flexibility index (Phi) is 3.93. The molecule has 9 heteroatoms. The lowest BCUT2D eigenvalue weighted by Crippen LogP contribution is -2.37. The van der Waals surface area contributed by atoms with Crippen molar-refractivity contribution in [2.45, 2.75) is 32.0 Å². The van der Waals surface area contributed by atoms with Crippen molar-refractivity contribution in [3.63, 3.8) is 0 Å². The molecule has 1 atom stereocenters. The van der Waals surface area contributed by atoms with Gasteiger partial charge in [0.05, 0.1) is 6.61 Å². The lowest BCUT2D eigenvalue weighted by atomic mass is 10.2. The second-order valence-corrected chi connectivity index (χ2v) is 4.95. The van der Waals surface area contributed by atoms with E-state index in [1.165, 1.54) is 4.90 Å². The molecular weight excluding hydrogens is 283 g/mol. The van der Waals surface area contributed by atoms with Gasteiger partial charge in [-0.05, 0) is 19.8 Å². The van der Waals surface area contributed by atoms with Crippen molar-refractivity contribution in [2.75, 3.05) is 18.1 Å². The molecule has 1 aliphatic heterocycles. The molecule has 5 nitrogen and oxygen atoms in total. The summed E-state index contributed by atoms with van der Waals surface area (Å²) < 4.78 is 42.3. The number of nitrogens with zero attached hydrogens (tertiary/aromatic N) is 3. The SMILES string of the molecule is CCOC(=O)C1CCCN1c1nnc(C(F)(F)F)s1. The molecule has 19 heavy (non-hydrogen) atoms. The van der Waals surface area contributed by atoms with Crippen LogP contribution in [-0.4, -0.2) is 35.4 Å². The van der Waals surface area contributed by atoms with Crippen LogP contribution in [0.25, 0.3) is 0 Å². The number of rotatable bonds is 3. The van der Waals surface area contributed by atoms with E-state index < -0.39 is 23.2 Å². The predicted molar refractivity (Wildman–Crippen MR) is 61.9 cm³/mol. The highest BCUT2D eigenvalue weighted by Gasteiger charge is 2.39. The zero-order chi connectivity index (χ0) is 14.0. The number of hydrogen-bond donors (Lipinski definition) is 0. The van der Waals surface area contributed by atoms with Crippen LogP contribution in [0.4, 0.5) is 18.3 Å². The van der Waals surface area contributed by atoms with E-state index in [1.54, 1.807) is 6.92 Å². The summed E-state index contributed by atoms with van der Waals surface area (Å²) in [6, 6.07) is -0.561. The van der Waals surface area contributed by atoms with Crippen LogP contribution in [0.2, 0.25) is 0 Å². The van der Waals surface area contributed by atoms with Gasteiger partial charge >= 0.3 is 12.1 Å². The summed E-state index contributed by atoms with van der Waals surface area (Å²) in [7, 11) is 0. The van der Waals surface area contributed by atoms with Crippen LogP contribution in [0.5, 0.6) is 0 Å². The van der Waals surface area contributed by atoms with Gasteiger partial charge in [0.15, 0.2) is 0 Å². The molecule has 2 heterocycles. The van der Waals surface area contributed by atoms with Gasteiger partial charge in [0.1, 0.15) is 6.04 Å². The molecule has 1 saturated heterocycles. The van der Waals surface area contributed by atoms with Crippen molar-refractivity contribution < 1.29 is 22.7 Å². The van der Waals surface area contributed by atoms with Gasteiger partial charge in [0, 0.05) is 6.54 Å². The molecule has 1 aromatic heterocycles. The van der Waals surface area contributed by atoms with E-state index in [4.69, 9.17) is 4.74 Å². The molecule has 0 spiro atoms. The summed E-state index contributed by atoms with van der Waals surface area (Å²) in [5.41, 5.74) is 0. The van der Waals surface area contributed by atoms with E-state index in [0.29, 0.717) is 30.7 Å². The summed E-state index contributed by atoms with van der Waals surface area (Å²) in [5, 5.41) is 5.76. The maximum Gasteiger partial charge on any atom is 0.445 e. The Labute approximate surface area is 111 Å². The number of carbonyl (C=O) groups excluding carboxylic acids is 1. The van der Waals surface area contributed by atoms with Crippen LogP contribution in [0, 0.1) is 0 Å². The monoisotopic (exact) mass is 295 g/mol. The quantitative estimate of drug-likeness (QED) is 0.799. The first-order valence-corrected chi connectivity index (χ1v) is 6.59. The number of esters is 1. The fourth-order valence-corrected chi connectivity index (χ4v) is 2.71. The Balaban J connectivity index is 2.16. The van der Waals surface area contributed by atoms with Crippen molar-refractivity contribution in [3.8, 4) is 0 Å². The van der Waals surface area contributed by atoms with Crippen LogP contribution < -0.4 is 4.90 Å². The van der Waals surface area contributed by atoms with Gasteiger partial charge < -0.3 is 9.64 Å². The normalized spacial score (nSPS) is 19.8. The first-order valence-electron chi connectivity index (χ1n) is 5.77. The molecule has 106 valence electrons. The minimum absolute atomic E-state index is 0.114. The first kappa shape index (κ1) is 14.0. The molecule has 0 N–H and O–H groups in total. The zero-order valence-corrected chi connectivity index (χ0v) is 10.9. The van der Waals surface area contributed by atoms with Gasteiger partial charge in [-0.3, -0.25) is 0 Å². The smallest absolute Gasteiger partial charge is 0.445 e. The summed E-state index contributed by atoms with van der Waals surface area (Å²) in [6.45, 7) is 2.41. The Hall–Kier alpha value is -1.38. The van der Waals surface area contributed by atoms with E-state index in [1.807, 2.05) is 0 Å². The average molecular weight is 295 g/mol. The third-order valence-electron chi connectivity index (χ3n) is 2.71. The Morgan fingerprint density at radius 1 is 1.53 bits per heavy atom. The maximum absolute atomic E-state index is 12.5. The lowest BCUT2D eigenvalue weighted by Gasteiger charge is -2.21. The van der Waals surface area contributed by atoms with Crippen LogP contribution in [0.15, 0.2) is 0 Å². The van der Waals surface area contributed by atoms with E-state index in [0.717, 1.165) is 0 Å². The third-order valence-corrected chi connectivity index (χ3v) is 3.72. The predicted octanol–water partition coefficient (Wildman–Crippen LogP) is 2.09. The second kappa shape index (κ2) is 5.32. The average Bonchev–Trinajstić information content (AvgIpc) is 2.97. The Morgan fingerprint density at radius 3 is 2.84 bits per heavy atom. The molecule has 0 saturated carbocycles. The maximum atomic E-state index is 12.5. The molecule has 2 rings (SSSR count). The summed E-state index contributed by atoms with van der Waals surface area (Å²) in [4.78, 5) is 13.2. The molecule has 1 fully saturated rings. The van der Waals surface area contributed by atoms with E-state index in [-0.39, 0.29) is 11.7 Å².